The molecule has 12 heteroatoms. The Balaban J connectivity index is 1.53. The molecule has 0 radical (unpaired) electrons. The number of benzene rings is 2. The fraction of sp³-hybridized carbons (Fsp3) is 0.407. The second kappa shape index (κ2) is 10.5. The molecule has 2 fully saturated rings. The monoisotopic (exact) mass is 564 g/mol. The molecule has 2 saturated heterocycles. The smallest absolute Gasteiger partial charge is 0.254 e. The number of carbonyl (C=O) groups is 1. The molecule has 2 aromatic carbocycles. The number of nitrogens with zero attached hydrogens (tertiary/aromatic N) is 4. The van der Waals surface area contributed by atoms with Gasteiger partial charge in [0.25, 0.3) is 5.91 Å². The van der Waals surface area contributed by atoms with Gasteiger partial charge >= 0.3 is 0 Å². The van der Waals surface area contributed by atoms with Crippen molar-refractivity contribution in [2.75, 3.05) is 46.3 Å². The summed E-state index contributed by atoms with van der Waals surface area (Å²) >= 11 is 0. The first kappa shape index (κ1) is 27.5. The lowest BCUT2D eigenvalue weighted by molar-refractivity contribution is 0.0664. The van der Waals surface area contributed by atoms with Gasteiger partial charge in [0.05, 0.1) is 16.0 Å². The first-order valence-electron chi connectivity index (χ1n) is 12.7. The lowest BCUT2D eigenvalue weighted by atomic mass is 10.0. The minimum atomic E-state index is -4.28. The normalized spacial score (nSPS) is 18.2. The summed E-state index contributed by atoms with van der Waals surface area (Å²) in [5.74, 6) is -3.79. The fourth-order valence-corrected chi connectivity index (χ4v) is 6.53. The number of fused-ring (bicyclic) bond motifs is 1. The summed E-state index contributed by atoms with van der Waals surface area (Å²) in [5.41, 5.74) is -0.862. The number of halogens is 4. The molecule has 0 unspecified atom stereocenters. The molecule has 7 nitrogen and oxygen atoms in total. The van der Waals surface area contributed by atoms with Crippen LogP contribution in [0.15, 0.2) is 35.2 Å². The van der Waals surface area contributed by atoms with E-state index in [4.69, 9.17) is 0 Å². The molecule has 0 atom stereocenters. The van der Waals surface area contributed by atoms with Gasteiger partial charge in [0.1, 0.15) is 23.5 Å². The van der Waals surface area contributed by atoms with Crippen LogP contribution in [0.4, 0.5) is 17.6 Å². The average Bonchev–Trinajstić information content (AvgIpc) is 2.91. The van der Waals surface area contributed by atoms with E-state index in [1.54, 1.807) is 17.0 Å². The van der Waals surface area contributed by atoms with E-state index in [0.717, 1.165) is 17.4 Å². The van der Waals surface area contributed by atoms with Crippen LogP contribution in [-0.2, 0) is 10.0 Å². The summed E-state index contributed by atoms with van der Waals surface area (Å²) in [7, 11) is -2.32. The summed E-state index contributed by atoms with van der Waals surface area (Å²) in [6, 6.07) is 5.85. The first-order chi connectivity index (χ1) is 18.5. The minimum absolute atomic E-state index is 0.00687. The molecule has 0 N–H and O–H groups in total. The van der Waals surface area contributed by atoms with Crippen molar-refractivity contribution in [3.05, 3.63) is 58.9 Å². The molecule has 1 aromatic heterocycles. The summed E-state index contributed by atoms with van der Waals surface area (Å²) in [6.07, 6.45) is -1.14. The molecule has 0 spiro atoms. The number of sulfonamides is 1. The van der Waals surface area contributed by atoms with Crippen molar-refractivity contribution in [3.8, 4) is 11.3 Å². The average molecular weight is 565 g/mol. The van der Waals surface area contributed by atoms with Crippen LogP contribution in [0.5, 0.6) is 0 Å². The Kier molecular flexibility index (Phi) is 7.38. The van der Waals surface area contributed by atoms with Crippen LogP contribution in [0.25, 0.3) is 22.2 Å². The number of piperazine rings is 1. The number of likely N-dealkylation sites (N-methyl/N-ethyl adjacent to an activating group) is 1. The Morgan fingerprint density at radius 1 is 0.949 bits per heavy atom. The van der Waals surface area contributed by atoms with Crippen molar-refractivity contribution >= 4 is 26.8 Å². The lowest BCUT2D eigenvalue weighted by Crippen LogP contribution is -2.47. The van der Waals surface area contributed by atoms with Crippen LogP contribution in [0.1, 0.15) is 28.8 Å². The Morgan fingerprint density at radius 2 is 1.56 bits per heavy atom. The number of alkyl halides is 1. The summed E-state index contributed by atoms with van der Waals surface area (Å²) in [6.45, 7) is 3.77. The highest BCUT2D eigenvalue weighted by molar-refractivity contribution is 7.89. The maximum Gasteiger partial charge on any atom is 0.254 e. The van der Waals surface area contributed by atoms with Crippen molar-refractivity contribution in [2.45, 2.75) is 30.8 Å². The molecule has 39 heavy (non-hydrogen) atoms. The van der Waals surface area contributed by atoms with E-state index >= 15 is 13.2 Å². The van der Waals surface area contributed by atoms with E-state index in [2.05, 4.69) is 9.88 Å². The number of hydrogen-bond donors (Lipinski definition) is 0. The van der Waals surface area contributed by atoms with Gasteiger partial charge in [-0.05, 0) is 56.6 Å². The summed E-state index contributed by atoms with van der Waals surface area (Å²) in [4.78, 5) is 20.4. The number of carbonyl (C=O) groups excluding carboxylic acids is 1. The molecule has 0 bridgehead atoms. The fourth-order valence-electron chi connectivity index (χ4n) is 5.04. The number of pyridine rings is 1. The lowest BCUT2D eigenvalue weighted by Gasteiger charge is -2.32. The van der Waals surface area contributed by atoms with Crippen molar-refractivity contribution < 1.29 is 30.8 Å². The molecule has 2 aliphatic rings. The molecular weight excluding hydrogens is 536 g/mol. The molecule has 3 heterocycles. The molecule has 0 saturated carbocycles. The van der Waals surface area contributed by atoms with Gasteiger partial charge in [0.15, 0.2) is 5.82 Å². The molecular formula is C27H28F4N4O3S. The van der Waals surface area contributed by atoms with Crippen LogP contribution < -0.4 is 0 Å². The van der Waals surface area contributed by atoms with Gasteiger partial charge < -0.3 is 9.80 Å². The number of amides is 1. The van der Waals surface area contributed by atoms with Gasteiger partial charge in [-0.3, -0.25) is 4.79 Å². The molecule has 1 amide bonds. The third-order valence-corrected chi connectivity index (χ3v) is 9.36. The van der Waals surface area contributed by atoms with Gasteiger partial charge in [0, 0.05) is 50.2 Å². The molecule has 208 valence electrons. The van der Waals surface area contributed by atoms with E-state index in [0.29, 0.717) is 36.2 Å². The Bertz CT molecular complexity index is 1530. The highest BCUT2D eigenvalue weighted by Crippen LogP contribution is 2.34. The highest BCUT2D eigenvalue weighted by Gasteiger charge is 2.32. The van der Waals surface area contributed by atoms with Crippen molar-refractivity contribution in [1.82, 2.24) is 19.1 Å². The number of aryl methyl sites for hydroxylation is 1. The van der Waals surface area contributed by atoms with Gasteiger partial charge in [0.2, 0.25) is 10.0 Å². The molecule has 0 aliphatic carbocycles. The van der Waals surface area contributed by atoms with E-state index in [9.17, 15) is 17.6 Å². The predicted octanol–water partition coefficient (Wildman–Crippen LogP) is 4.14. The Hall–Kier alpha value is -3.09. The quantitative estimate of drug-likeness (QED) is 0.446. The Morgan fingerprint density at radius 3 is 2.18 bits per heavy atom. The van der Waals surface area contributed by atoms with Crippen LogP contribution in [0, 0.1) is 24.4 Å². The van der Waals surface area contributed by atoms with Gasteiger partial charge in [-0.15, -0.1) is 0 Å². The third-order valence-electron chi connectivity index (χ3n) is 7.48. The largest absolute Gasteiger partial charge is 0.336 e. The topological polar surface area (TPSA) is 73.8 Å². The Labute approximate surface area is 224 Å². The van der Waals surface area contributed by atoms with E-state index in [-0.39, 0.29) is 42.9 Å². The van der Waals surface area contributed by atoms with Gasteiger partial charge in [-0.1, -0.05) is 6.07 Å². The SMILES string of the molecule is Cc1c(F)c(-c2c(F)cc(S(=O)(=O)N3CCC(F)CC3)cc2F)nc2cc(C(=O)N3CCN(C)CC3)ccc12. The van der Waals surface area contributed by atoms with Crippen LogP contribution in [-0.4, -0.2) is 85.9 Å². The molecule has 3 aromatic rings. The zero-order valence-corrected chi connectivity index (χ0v) is 22.4. The molecule has 2 aliphatic heterocycles. The zero-order valence-electron chi connectivity index (χ0n) is 21.6. The second-order valence-electron chi connectivity index (χ2n) is 10.1. The summed E-state index contributed by atoms with van der Waals surface area (Å²) in [5, 5.41) is 0.377. The van der Waals surface area contributed by atoms with Gasteiger partial charge in [-0.2, -0.15) is 4.31 Å². The number of aromatic nitrogens is 1. The second-order valence-corrected chi connectivity index (χ2v) is 12.0. The third kappa shape index (κ3) is 5.12. The van der Waals surface area contributed by atoms with Crippen LogP contribution in [0.3, 0.4) is 0 Å². The van der Waals surface area contributed by atoms with Gasteiger partial charge in [-0.25, -0.2) is 31.0 Å². The van der Waals surface area contributed by atoms with E-state index < -0.39 is 49.8 Å². The zero-order chi connectivity index (χ0) is 28.1. The maximum absolute atomic E-state index is 15.4. The highest BCUT2D eigenvalue weighted by atomic mass is 32.2. The van der Waals surface area contributed by atoms with Crippen LogP contribution >= 0.6 is 0 Å². The summed E-state index contributed by atoms with van der Waals surface area (Å²) < 4.78 is 86.3. The van der Waals surface area contributed by atoms with E-state index in [1.165, 1.54) is 13.0 Å². The number of hydrogen-bond acceptors (Lipinski definition) is 5. The molecule has 5 rings (SSSR count). The standard InChI is InChI=1S/C27H28F4N4O3S/c1-16-20-4-3-17(27(36)34-11-9-33(2)10-12-34)13-23(20)32-26(25(16)31)24-21(29)14-19(15-22(24)30)39(37,38)35-7-5-18(28)6-8-35/h3-4,13-15,18H,5-12H2,1-2H3. The number of piperidine rings is 1. The maximum atomic E-state index is 15.4. The minimum Gasteiger partial charge on any atom is -0.336 e. The number of rotatable bonds is 4. The predicted molar refractivity (Wildman–Crippen MR) is 138 cm³/mol. The first-order valence-corrected chi connectivity index (χ1v) is 14.1. The van der Waals surface area contributed by atoms with Crippen molar-refractivity contribution in [1.29, 1.82) is 0 Å². The van der Waals surface area contributed by atoms with E-state index in [1.807, 2.05) is 7.05 Å². The van der Waals surface area contributed by atoms with Crippen molar-refractivity contribution in [2.24, 2.45) is 0 Å². The van der Waals surface area contributed by atoms with Crippen LogP contribution in [0.2, 0.25) is 0 Å². The van der Waals surface area contributed by atoms with Crippen molar-refractivity contribution in [3.63, 3.8) is 0 Å².